The van der Waals surface area contributed by atoms with Crippen LogP contribution in [0, 0.1) is 12.8 Å². The number of amides is 1. The molecule has 12 heteroatoms. The number of fused-ring (bicyclic) bond motifs is 1. The molecule has 0 N–H and O–H groups in total. The summed E-state index contributed by atoms with van der Waals surface area (Å²) in [6, 6.07) is 6.50. The van der Waals surface area contributed by atoms with Crippen molar-refractivity contribution in [3.63, 3.8) is 0 Å². The molecule has 0 aliphatic carbocycles. The van der Waals surface area contributed by atoms with Gasteiger partial charge in [0.25, 0.3) is 10.1 Å². The summed E-state index contributed by atoms with van der Waals surface area (Å²) >= 11 is 7.80. The first-order valence-electron chi connectivity index (χ1n) is 10.0. The third-order valence-corrected chi connectivity index (χ3v) is 7.82. The molecule has 9 nitrogen and oxygen atoms in total. The molecule has 1 aromatic carbocycles. The average molecular weight is 499 g/mol. The molecule has 1 aliphatic heterocycles. The van der Waals surface area contributed by atoms with Crippen molar-refractivity contribution >= 4 is 43.9 Å². The van der Waals surface area contributed by atoms with Gasteiger partial charge in [-0.25, -0.2) is 4.98 Å². The molecule has 32 heavy (non-hydrogen) atoms. The van der Waals surface area contributed by atoms with Crippen LogP contribution in [0.3, 0.4) is 0 Å². The Labute approximate surface area is 195 Å². The molecule has 1 amide bonds. The Morgan fingerprint density at radius 1 is 1.28 bits per heavy atom. The lowest BCUT2D eigenvalue weighted by Gasteiger charge is -2.15. The standard InChI is InChI=1S/C20H23ClN4O5S2/c1-13-3-5-15(6-4-13)32(27,28)30-8-7-14-9-18(26)24(10-14)11-16-19(21)25-20(22-16)31-17(23-25)12-29-2/h3-6,14H,7-12H2,1-2H3. The van der Waals surface area contributed by atoms with E-state index in [1.165, 1.54) is 23.5 Å². The second kappa shape index (κ2) is 9.44. The van der Waals surface area contributed by atoms with Gasteiger partial charge in [0.2, 0.25) is 10.9 Å². The second-order valence-corrected chi connectivity index (χ2v) is 10.7. The first-order valence-corrected chi connectivity index (χ1v) is 12.6. The van der Waals surface area contributed by atoms with Crippen LogP contribution >= 0.6 is 22.9 Å². The van der Waals surface area contributed by atoms with Crippen LogP contribution < -0.4 is 0 Å². The number of ether oxygens (including phenoxy) is 1. The van der Waals surface area contributed by atoms with E-state index in [4.69, 9.17) is 20.5 Å². The third-order valence-electron chi connectivity index (χ3n) is 5.23. The first-order chi connectivity index (χ1) is 15.3. The maximum Gasteiger partial charge on any atom is 0.296 e. The number of imidazole rings is 1. The molecule has 1 saturated heterocycles. The van der Waals surface area contributed by atoms with Gasteiger partial charge in [0, 0.05) is 20.1 Å². The maximum atomic E-state index is 12.5. The van der Waals surface area contributed by atoms with Gasteiger partial charge in [-0.2, -0.15) is 18.0 Å². The summed E-state index contributed by atoms with van der Waals surface area (Å²) in [5, 5.41) is 5.51. The van der Waals surface area contributed by atoms with Gasteiger partial charge in [-0.05, 0) is 31.4 Å². The molecular formula is C20H23ClN4O5S2. The van der Waals surface area contributed by atoms with Gasteiger partial charge in [-0.3, -0.25) is 8.98 Å². The normalized spacial score (nSPS) is 17.0. The predicted octanol–water partition coefficient (Wildman–Crippen LogP) is 3.04. The van der Waals surface area contributed by atoms with Gasteiger partial charge in [-0.1, -0.05) is 40.6 Å². The van der Waals surface area contributed by atoms with Gasteiger partial charge in [0.1, 0.15) is 10.7 Å². The molecule has 0 saturated carbocycles. The molecule has 0 bridgehead atoms. The van der Waals surface area contributed by atoms with E-state index in [-0.39, 0.29) is 29.9 Å². The zero-order chi connectivity index (χ0) is 22.9. The van der Waals surface area contributed by atoms with Crippen molar-refractivity contribution in [2.45, 2.75) is 37.8 Å². The van der Waals surface area contributed by atoms with E-state index in [1.54, 1.807) is 28.7 Å². The monoisotopic (exact) mass is 498 g/mol. The van der Waals surface area contributed by atoms with Crippen LogP contribution in [-0.4, -0.2) is 54.1 Å². The molecule has 1 unspecified atom stereocenters. The molecule has 1 fully saturated rings. The summed E-state index contributed by atoms with van der Waals surface area (Å²) in [5.74, 6) is -0.0125. The zero-order valence-electron chi connectivity index (χ0n) is 17.7. The predicted molar refractivity (Wildman–Crippen MR) is 119 cm³/mol. The number of carbonyl (C=O) groups is 1. The largest absolute Gasteiger partial charge is 0.377 e. The Morgan fingerprint density at radius 3 is 2.72 bits per heavy atom. The highest BCUT2D eigenvalue weighted by atomic mass is 35.5. The number of halogens is 1. The lowest BCUT2D eigenvalue weighted by Crippen LogP contribution is -2.25. The van der Waals surface area contributed by atoms with Crippen molar-refractivity contribution in [3.8, 4) is 0 Å². The molecule has 0 radical (unpaired) electrons. The number of aryl methyl sites for hydroxylation is 1. The lowest BCUT2D eigenvalue weighted by molar-refractivity contribution is -0.128. The van der Waals surface area contributed by atoms with E-state index in [0.29, 0.717) is 41.8 Å². The van der Waals surface area contributed by atoms with Crippen LogP contribution in [0.1, 0.15) is 29.1 Å². The number of carbonyl (C=O) groups excluding carboxylic acids is 1. The van der Waals surface area contributed by atoms with Crippen molar-refractivity contribution in [2.75, 3.05) is 20.3 Å². The molecule has 2 aromatic heterocycles. The highest BCUT2D eigenvalue weighted by Gasteiger charge is 2.31. The quantitative estimate of drug-likeness (QED) is 0.418. The van der Waals surface area contributed by atoms with Gasteiger partial charge >= 0.3 is 0 Å². The van der Waals surface area contributed by atoms with Gasteiger partial charge in [0.05, 0.1) is 24.7 Å². The molecule has 0 spiro atoms. The van der Waals surface area contributed by atoms with Crippen molar-refractivity contribution in [1.82, 2.24) is 19.5 Å². The van der Waals surface area contributed by atoms with E-state index in [2.05, 4.69) is 10.1 Å². The van der Waals surface area contributed by atoms with Crippen LogP contribution in [0.4, 0.5) is 0 Å². The van der Waals surface area contributed by atoms with Crippen molar-refractivity contribution in [3.05, 3.63) is 45.7 Å². The van der Waals surface area contributed by atoms with Crippen LogP contribution in [0.25, 0.3) is 4.96 Å². The minimum Gasteiger partial charge on any atom is -0.377 e. The van der Waals surface area contributed by atoms with Crippen LogP contribution in [0.2, 0.25) is 5.15 Å². The molecule has 172 valence electrons. The molecule has 3 aromatic rings. The highest BCUT2D eigenvalue weighted by molar-refractivity contribution is 7.86. The molecule has 3 heterocycles. The Bertz CT molecular complexity index is 1220. The van der Waals surface area contributed by atoms with Gasteiger partial charge < -0.3 is 9.64 Å². The zero-order valence-corrected chi connectivity index (χ0v) is 20.0. The number of aromatic nitrogens is 3. The van der Waals surface area contributed by atoms with Gasteiger partial charge in [-0.15, -0.1) is 0 Å². The molecule has 1 atom stereocenters. The number of hydrogen-bond acceptors (Lipinski definition) is 8. The van der Waals surface area contributed by atoms with Crippen LogP contribution in [0.5, 0.6) is 0 Å². The SMILES string of the molecule is COCc1nn2c(Cl)c(CN3CC(CCOS(=O)(=O)c4ccc(C)cc4)CC3=O)nc2s1. The summed E-state index contributed by atoms with van der Waals surface area (Å²) in [4.78, 5) is 19.4. The fourth-order valence-electron chi connectivity index (χ4n) is 3.57. The highest BCUT2D eigenvalue weighted by Crippen LogP contribution is 2.28. The number of benzene rings is 1. The average Bonchev–Trinajstić information content (AvgIpc) is 3.38. The number of rotatable bonds is 9. The Morgan fingerprint density at radius 2 is 2.03 bits per heavy atom. The minimum absolute atomic E-state index is 0.00431. The lowest BCUT2D eigenvalue weighted by atomic mass is 10.1. The summed E-state index contributed by atoms with van der Waals surface area (Å²) in [6.07, 6.45) is 0.797. The van der Waals surface area contributed by atoms with Crippen LogP contribution in [0.15, 0.2) is 29.2 Å². The number of nitrogens with zero attached hydrogens (tertiary/aromatic N) is 4. The smallest absolute Gasteiger partial charge is 0.296 e. The van der Waals surface area contributed by atoms with Crippen LogP contribution in [-0.2, 0) is 37.0 Å². The second-order valence-electron chi connectivity index (χ2n) is 7.69. The minimum atomic E-state index is -3.81. The summed E-state index contributed by atoms with van der Waals surface area (Å²) in [5.41, 5.74) is 1.55. The molecule has 4 rings (SSSR count). The fraction of sp³-hybridized carbons (Fsp3) is 0.450. The van der Waals surface area contributed by atoms with Gasteiger partial charge in [0.15, 0.2) is 5.15 Å². The maximum absolute atomic E-state index is 12.5. The first kappa shape index (κ1) is 23.1. The Balaban J connectivity index is 1.32. The number of hydrogen-bond donors (Lipinski definition) is 0. The van der Waals surface area contributed by atoms with Crippen molar-refractivity contribution in [1.29, 1.82) is 0 Å². The third kappa shape index (κ3) is 4.96. The Hall–Kier alpha value is -2.05. The fourth-order valence-corrected chi connectivity index (χ4v) is 5.64. The Kier molecular flexibility index (Phi) is 6.82. The summed E-state index contributed by atoms with van der Waals surface area (Å²) in [7, 11) is -2.22. The van der Waals surface area contributed by atoms with Crippen molar-refractivity contribution in [2.24, 2.45) is 5.92 Å². The van der Waals surface area contributed by atoms with E-state index < -0.39 is 10.1 Å². The summed E-state index contributed by atoms with van der Waals surface area (Å²) in [6.45, 7) is 3.07. The molecular weight excluding hydrogens is 476 g/mol. The van der Waals surface area contributed by atoms with E-state index >= 15 is 0 Å². The van der Waals surface area contributed by atoms with E-state index in [9.17, 15) is 13.2 Å². The number of likely N-dealkylation sites (tertiary alicyclic amines) is 1. The van der Waals surface area contributed by atoms with E-state index in [0.717, 1.165) is 10.6 Å². The van der Waals surface area contributed by atoms with Crippen molar-refractivity contribution < 1.29 is 22.1 Å². The summed E-state index contributed by atoms with van der Waals surface area (Å²) < 4.78 is 36.4. The topological polar surface area (TPSA) is 103 Å². The number of methoxy groups -OCH3 is 1. The van der Waals surface area contributed by atoms with E-state index in [1.807, 2.05) is 6.92 Å². The molecule has 1 aliphatic rings.